The van der Waals surface area contributed by atoms with Crippen molar-refractivity contribution in [1.82, 2.24) is 4.90 Å². The number of nitrogens with zero attached hydrogens (tertiary/aromatic N) is 1. The van der Waals surface area contributed by atoms with Gasteiger partial charge in [0.25, 0.3) is 0 Å². The molecule has 5 heteroatoms. The van der Waals surface area contributed by atoms with Crippen LogP contribution in [0, 0.1) is 0 Å². The minimum Gasteiger partial charge on any atom is -0.493 e. The Labute approximate surface area is 121 Å². The van der Waals surface area contributed by atoms with Crippen molar-refractivity contribution < 1.29 is 14.3 Å². The highest BCUT2D eigenvalue weighted by Gasteiger charge is 2.22. The molecule has 1 aliphatic heterocycles. The van der Waals surface area contributed by atoms with Crippen molar-refractivity contribution >= 4 is 21.8 Å². The number of fused-ring (bicyclic) bond motifs is 1. The number of carbonyl (C=O) groups excluding carboxylic acids is 1. The molecule has 0 fully saturated rings. The van der Waals surface area contributed by atoms with Crippen LogP contribution in [0.15, 0.2) is 12.1 Å². The van der Waals surface area contributed by atoms with E-state index in [2.05, 4.69) is 15.9 Å². The topological polar surface area (TPSA) is 38.8 Å². The number of hydrogen-bond donors (Lipinski definition) is 0. The Hall–Kier alpha value is -1.23. The predicted octanol–water partition coefficient (Wildman–Crippen LogP) is 2.37. The van der Waals surface area contributed by atoms with Gasteiger partial charge in [-0.1, -0.05) is 15.9 Å². The summed E-state index contributed by atoms with van der Waals surface area (Å²) in [7, 11) is 3.26. The molecule has 1 aliphatic rings. The summed E-state index contributed by atoms with van der Waals surface area (Å²) in [5.74, 6) is 1.66. The standard InChI is InChI=1S/C14H18BrNO3/c1-18-12-7-10-4-6-16(14(17)3-5-15)9-11(10)8-13(12)19-2/h7-8H,3-6,9H2,1-2H3. The molecule has 19 heavy (non-hydrogen) atoms. The van der Waals surface area contributed by atoms with E-state index in [1.54, 1.807) is 14.2 Å². The van der Waals surface area contributed by atoms with Gasteiger partial charge in [0.15, 0.2) is 11.5 Å². The maximum atomic E-state index is 11.9. The Balaban J connectivity index is 2.22. The summed E-state index contributed by atoms with van der Waals surface area (Å²) in [5, 5.41) is 0.709. The van der Waals surface area contributed by atoms with Crippen LogP contribution in [0.25, 0.3) is 0 Å². The maximum absolute atomic E-state index is 11.9. The van der Waals surface area contributed by atoms with Crippen molar-refractivity contribution in [3.63, 3.8) is 0 Å². The molecule has 0 N–H and O–H groups in total. The van der Waals surface area contributed by atoms with Crippen LogP contribution in [0.5, 0.6) is 11.5 Å². The molecule has 1 aromatic rings. The Morgan fingerprint density at radius 3 is 2.47 bits per heavy atom. The molecule has 0 atom stereocenters. The van der Waals surface area contributed by atoms with Crippen LogP contribution in [-0.2, 0) is 17.8 Å². The van der Waals surface area contributed by atoms with E-state index in [1.807, 2.05) is 17.0 Å². The molecular weight excluding hydrogens is 310 g/mol. The summed E-state index contributed by atoms with van der Waals surface area (Å²) >= 11 is 3.31. The fourth-order valence-electron chi connectivity index (χ4n) is 2.34. The van der Waals surface area contributed by atoms with Gasteiger partial charge in [0.1, 0.15) is 0 Å². The molecule has 1 aromatic carbocycles. The minimum absolute atomic E-state index is 0.192. The Bertz CT molecular complexity index is 476. The fourth-order valence-corrected chi connectivity index (χ4v) is 2.67. The molecule has 104 valence electrons. The average molecular weight is 328 g/mol. The molecule has 0 bridgehead atoms. The molecule has 2 rings (SSSR count). The maximum Gasteiger partial charge on any atom is 0.223 e. The zero-order chi connectivity index (χ0) is 13.8. The third-order valence-corrected chi connectivity index (χ3v) is 3.78. The Kier molecular flexibility index (Phi) is 4.69. The first kappa shape index (κ1) is 14.2. The van der Waals surface area contributed by atoms with Gasteiger partial charge in [0, 0.05) is 24.8 Å². The Morgan fingerprint density at radius 2 is 1.89 bits per heavy atom. The average Bonchev–Trinajstić information content (AvgIpc) is 2.45. The monoisotopic (exact) mass is 327 g/mol. The predicted molar refractivity (Wildman–Crippen MR) is 77.1 cm³/mol. The number of halogens is 1. The molecule has 0 aliphatic carbocycles. The minimum atomic E-state index is 0.192. The molecule has 0 saturated carbocycles. The molecule has 0 unspecified atom stereocenters. The molecule has 0 aromatic heterocycles. The third-order valence-electron chi connectivity index (χ3n) is 3.38. The highest BCUT2D eigenvalue weighted by molar-refractivity contribution is 9.09. The highest BCUT2D eigenvalue weighted by Crippen LogP contribution is 2.33. The van der Waals surface area contributed by atoms with Gasteiger partial charge in [-0.15, -0.1) is 0 Å². The van der Waals surface area contributed by atoms with Crippen molar-refractivity contribution in [2.24, 2.45) is 0 Å². The van der Waals surface area contributed by atoms with Gasteiger partial charge in [-0.2, -0.15) is 0 Å². The van der Waals surface area contributed by atoms with Gasteiger partial charge in [-0.25, -0.2) is 0 Å². The zero-order valence-corrected chi connectivity index (χ0v) is 12.8. The van der Waals surface area contributed by atoms with Crippen LogP contribution in [0.2, 0.25) is 0 Å². The van der Waals surface area contributed by atoms with Gasteiger partial charge < -0.3 is 14.4 Å². The van der Waals surface area contributed by atoms with Crippen LogP contribution in [0.3, 0.4) is 0 Å². The van der Waals surface area contributed by atoms with Gasteiger partial charge >= 0.3 is 0 Å². The normalized spacial score (nSPS) is 13.9. The Morgan fingerprint density at radius 1 is 1.26 bits per heavy atom. The number of carbonyl (C=O) groups is 1. The van der Waals surface area contributed by atoms with Gasteiger partial charge in [0.05, 0.1) is 14.2 Å². The molecular formula is C14H18BrNO3. The molecule has 0 radical (unpaired) electrons. The summed E-state index contributed by atoms with van der Waals surface area (Å²) < 4.78 is 10.6. The van der Waals surface area contributed by atoms with Gasteiger partial charge in [-0.3, -0.25) is 4.79 Å². The van der Waals surface area contributed by atoms with E-state index in [9.17, 15) is 4.79 Å². The van der Waals surface area contributed by atoms with Gasteiger partial charge in [-0.05, 0) is 29.7 Å². The van der Waals surface area contributed by atoms with E-state index in [0.29, 0.717) is 18.3 Å². The summed E-state index contributed by atoms with van der Waals surface area (Å²) in [6, 6.07) is 3.99. The molecule has 0 spiro atoms. The van der Waals surface area contributed by atoms with Crippen molar-refractivity contribution in [1.29, 1.82) is 0 Å². The number of methoxy groups -OCH3 is 2. The van der Waals surface area contributed by atoms with Crippen molar-refractivity contribution in [3.05, 3.63) is 23.3 Å². The lowest BCUT2D eigenvalue weighted by Gasteiger charge is -2.29. The lowest BCUT2D eigenvalue weighted by atomic mass is 9.98. The number of alkyl halides is 1. The molecule has 1 heterocycles. The highest BCUT2D eigenvalue weighted by atomic mass is 79.9. The van der Waals surface area contributed by atoms with Crippen molar-refractivity contribution in [3.8, 4) is 11.5 Å². The van der Waals surface area contributed by atoms with E-state index in [1.165, 1.54) is 5.56 Å². The van der Waals surface area contributed by atoms with E-state index in [0.717, 1.165) is 30.0 Å². The van der Waals surface area contributed by atoms with Crippen LogP contribution in [-0.4, -0.2) is 36.9 Å². The van der Waals surface area contributed by atoms with Crippen LogP contribution >= 0.6 is 15.9 Å². The summed E-state index contributed by atoms with van der Waals surface area (Å²) in [6.07, 6.45) is 1.41. The first-order valence-electron chi connectivity index (χ1n) is 6.27. The quantitative estimate of drug-likeness (QED) is 0.797. The number of ether oxygens (including phenoxy) is 2. The molecule has 1 amide bonds. The van der Waals surface area contributed by atoms with Crippen LogP contribution in [0.4, 0.5) is 0 Å². The summed E-state index contributed by atoms with van der Waals surface area (Å²) in [5.41, 5.74) is 2.38. The lowest BCUT2D eigenvalue weighted by Crippen LogP contribution is -2.36. The van der Waals surface area contributed by atoms with Crippen molar-refractivity contribution in [2.45, 2.75) is 19.4 Å². The number of amides is 1. The van der Waals surface area contributed by atoms with E-state index in [4.69, 9.17) is 9.47 Å². The van der Waals surface area contributed by atoms with Crippen LogP contribution < -0.4 is 9.47 Å². The first-order chi connectivity index (χ1) is 9.19. The van der Waals surface area contributed by atoms with E-state index < -0.39 is 0 Å². The fraction of sp³-hybridized carbons (Fsp3) is 0.500. The second-order valence-electron chi connectivity index (χ2n) is 4.48. The van der Waals surface area contributed by atoms with Gasteiger partial charge in [0.2, 0.25) is 5.91 Å². The third kappa shape index (κ3) is 3.03. The number of benzene rings is 1. The zero-order valence-electron chi connectivity index (χ0n) is 11.2. The second-order valence-corrected chi connectivity index (χ2v) is 5.27. The second kappa shape index (κ2) is 6.28. The van der Waals surface area contributed by atoms with E-state index in [-0.39, 0.29) is 5.91 Å². The first-order valence-corrected chi connectivity index (χ1v) is 7.39. The largest absolute Gasteiger partial charge is 0.493 e. The lowest BCUT2D eigenvalue weighted by molar-refractivity contribution is -0.131. The van der Waals surface area contributed by atoms with Crippen molar-refractivity contribution in [2.75, 3.05) is 26.1 Å². The summed E-state index contributed by atoms with van der Waals surface area (Å²) in [4.78, 5) is 13.8. The number of rotatable bonds is 4. The summed E-state index contributed by atoms with van der Waals surface area (Å²) in [6.45, 7) is 1.43. The SMILES string of the molecule is COc1cc2c(cc1OC)CN(C(=O)CCBr)CC2. The molecule has 4 nitrogen and oxygen atoms in total. The number of hydrogen-bond acceptors (Lipinski definition) is 3. The smallest absolute Gasteiger partial charge is 0.223 e. The van der Waals surface area contributed by atoms with E-state index >= 15 is 0 Å². The van der Waals surface area contributed by atoms with Crippen LogP contribution in [0.1, 0.15) is 17.5 Å². The molecule has 0 saturated heterocycles.